The number of fused-ring (bicyclic) bond motifs is 1. The van der Waals surface area contributed by atoms with Crippen LogP contribution in [0.25, 0.3) is 22.2 Å². The molecule has 0 aliphatic heterocycles. The molecule has 1 aliphatic carbocycles. The van der Waals surface area contributed by atoms with Crippen LogP contribution in [-0.4, -0.2) is 10.4 Å². The Morgan fingerprint density at radius 1 is 1.13 bits per heavy atom. The van der Waals surface area contributed by atoms with Gasteiger partial charge >= 0.3 is 5.76 Å². The molecule has 4 nitrogen and oxygen atoms in total. The van der Waals surface area contributed by atoms with Gasteiger partial charge in [-0.05, 0) is 53.6 Å². The van der Waals surface area contributed by atoms with Crippen LogP contribution in [0.15, 0.2) is 63.8 Å². The zero-order chi connectivity index (χ0) is 21.7. The molecule has 1 fully saturated rings. The largest absolute Gasteiger partial charge is 0.419 e. The van der Waals surface area contributed by atoms with E-state index in [9.17, 15) is 14.0 Å². The number of hydrogen-bond acceptors (Lipinski definition) is 3. The predicted octanol–water partition coefficient (Wildman–Crippen LogP) is 5.89. The number of halogens is 2. The van der Waals surface area contributed by atoms with E-state index in [1.165, 1.54) is 22.8 Å². The third-order valence-corrected chi connectivity index (χ3v) is 6.17. The van der Waals surface area contributed by atoms with Gasteiger partial charge in [-0.25, -0.2) is 9.18 Å². The van der Waals surface area contributed by atoms with Crippen molar-refractivity contribution < 1.29 is 13.6 Å². The van der Waals surface area contributed by atoms with Crippen molar-refractivity contribution in [1.82, 2.24) is 4.57 Å². The quantitative estimate of drug-likeness (QED) is 0.367. The van der Waals surface area contributed by atoms with Crippen molar-refractivity contribution in [3.05, 3.63) is 92.7 Å². The minimum absolute atomic E-state index is 0.0585. The van der Waals surface area contributed by atoms with Gasteiger partial charge in [-0.15, -0.1) is 0 Å². The lowest BCUT2D eigenvalue weighted by molar-refractivity contribution is 0.0989. The van der Waals surface area contributed by atoms with E-state index in [4.69, 9.17) is 16.0 Å². The van der Waals surface area contributed by atoms with Crippen molar-refractivity contribution in [2.75, 3.05) is 0 Å². The first-order chi connectivity index (χ1) is 14.9. The van der Waals surface area contributed by atoms with E-state index < -0.39 is 5.82 Å². The fourth-order valence-electron chi connectivity index (χ4n) is 4.08. The number of aryl methyl sites for hydroxylation is 1. The van der Waals surface area contributed by atoms with Crippen molar-refractivity contribution in [2.45, 2.75) is 25.2 Å². The van der Waals surface area contributed by atoms with Gasteiger partial charge in [0.25, 0.3) is 0 Å². The monoisotopic (exact) mass is 435 g/mol. The molecule has 0 spiro atoms. The number of hydrogen-bond donors (Lipinski definition) is 0. The Labute approximate surface area is 182 Å². The van der Waals surface area contributed by atoms with E-state index in [0.717, 1.165) is 40.6 Å². The predicted molar refractivity (Wildman–Crippen MR) is 118 cm³/mol. The summed E-state index contributed by atoms with van der Waals surface area (Å²) in [5.41, 5.74) is 5.22. The van der Waals surface area contributed by atoms with Gasteiger partial charge in [-0.1, -0.05) is 48.0 Å². The van der Waals surface area contributed by atoms with Crippen LogP contribution in [0.2, 0.25) is 5.02 Å². The molecule has 1 saturated carbocycles. The van der Waals surface area contributed by atoms with Gasteiger partial charge in [0.15, 0.2) is 11.4 Å². The lowest BCUT2D eigenvalue weighted by Crippen LogP contribution is -2.08. The Kier molecular flexibility index (Phi) is 4.78. The first kappa shape index (κ1) is 19.8. The van der Waals surface area contributed by atoms with Crippen molar-refractivity contribution in [3.8, 4) is 11.1 Å². The number of aromatic nitrogens is 1. The molecule has 1 aliphatic rings. The van der Waals surface area contributed by atoms with E-state index in [0.29, 0.717) is 11.5 Å². The number of Topliss-reactive ketones (excluding diaryl/α,β-unsaturated/α-hetero) is 1. The number of carbonyl (C=O) groups is 1. The van der Waals surface area contributed by atoms with E-state index >= 15 is 0 Å². The van der Waals surface area contributed by atoms with Gasteiger partial charge in [0.1, 0.15) is 5.82 Å². The van der Waals surface area contributed by atoms with Gasteiger partial charge in [-0.2, -0.15) is 0 Å². The highest BCUT2D eigenvalue weighted by Crippen LogP contribution is 2.47. The fraction of sp³-hybridized carbons (Fsp3) is 0.200. The Morgan fingerprint density at radius 3 is 2.55 bits per heavy atom. The smallest absolute Gasteiger partial charge is 0.407 e. The Hall–Kier alpha value is -3.18. The maximum atomic E-state index is 14.0. The van der Waals surface area contributed by atoms with Crippen LogP contribution in [-0.2, 0) is 13.5 Å². The minimum atomic E-state index is -0.610. The SMILES string of the molecule is Cn1c(=O)oc2c(C3CC3)c(-c3ccc(CC(=O)c4c(F)cccc4Cl)cc3)ccc21. The summed E-state index contributed by atoms with van der Waals surface area (Å²) in [6, 6.07) is 15.8. The molecule has 0 radical (unpaired) electrons. The maximum Gasteiger partial charge on any atom is 0.419 e. The van der Waals surface area contributed by atoms with E-state index in [1.54, 1.807) is 7.05 Å². The van der Waals surface area contributed by atoms with Crippen LogP contribution in [0.4, 0.5) is 4.39 Å². The van der Waals surface area contributed by atoms with Crippen molar-refractivity contribution in [1.29, 1.82) is 0 Å². The lowest BCUT2D eigenvalue weighted by Gasteiger charge is -2.11. The Morgan fingerprint density at radius 2 is 1.87 bits per heavy atom. The zero-order valence-corrected chi connectivity index (χ0v) is 17.6. The molecule has 4 aromatic rings. The van der Waals surface area contributed by atoms with Gasteiger partial charge in [0, 0.05) is 19.0 Å². The topological polar surface area (TPSA) is 52.2 Å². The van der Waals surface area contributed by atoms with Crippen molar-refractivity contribution in [2.24, 2.45) is 7.05 Å². The van der Waals surface area contributed by atoms with Gasteiger partial charge < -0.3 is 4.42 Å². The van der Waals surface area contributed by atoms with Crippen LogP contribution in [0, 0.1) is 5.82 Å². The molecule has 5 rings (SSSR count). The maximum absolute atomic E-state index is 14.0. The van der Waals surface area contributed by atoms with Crippen LogP contribution in [0.3, 0.4) is 0 Å². The molecule has 0 unspecified atom stereocenters. The van der Waals surface area contributed by atoms with Crippen LogP contribution >= 0.6 is 11.6 Å². The molecule has 0 bridgehead atoms. The second kappa shape index (κ2) is 7.50. The molecule has 1 heterocycles. The second-order valence-corrected chi connectivity index (χ2v) is 8.38. The van der Waals surface area contributed by atoms with Crippen molar-refractivity contribution >= 4 is 28.5 Å². The minimum Gasteiger partial charge on any atom is -0.407 e. The number of benzene rings is 3. The normalized spacial score (nSPS) is 13.6. The molecule has 6 heteroatoms. The molecule has 0 atom stereocenters. The second-order valence-electron chi connectivity index (χ2n) is 7.97. The van der Waals surface area contributed by atoms with Gasteiger partial charge in [0.2, 0.25) is 0 Å². The molecule has 3 aromatic carbocycles. The number of oxazole rings is 1. The summed E-state index contributed by atoms with van der Waals surface area (Å²) in [6.45, 7) is 0. The molecule has 0 N–H and O–H groups in total. The third kappa shape index (κ3) is 3.49. The summed E-state index contributed by atoms with van der Waals surface area (Å²) in [6.07, 6.45) is 2.20. The average molecular weight is 436 g/mol. The van der Waals surface area contributed by atoms with Gasteiger partial charge in [-0.3, -0.25) is 9.36 Å². The van der Waals surface area contributed by atoms with Crippen LogP contribution < -0.4 is 5.76 Å². The highest BCUT2D eigenvalue weighted by atomic mass is 35.5. The van der Waals surface area contributed by atoms with E-state index in [-0.39, 0.29) is 28.5 Å². The molecule has 31 heavy (non-hydrogen) atoms. The van der Waals surface area contributed by atoms with Crippen LogP contribution in [0.5, 0.6) is 0 Å². The first-order valence-electron chi connectivity index (χ1n) is 10.1. The summed E-state index contributed by atoms with van der Waals surface area (Å²) in [5, 5.41) is 0.119. The molecule has 156 valence electrons. The summed E-state index contributed by atoms with van der Waals surface area (Å²) in [4.78, 5) is 24.6. The van der Waals surface area contributed by atoms with Crippen molar-refractivity contribution in [3.63, 3.8) is 0 Å². The lowest BCUT2D eigenvalue weighted by atomic mass is 9.94. The molecular weight excluding hydrogens is 417 g/mol. The summed E-state index contributed by atoms with van der Waals surface area (Å²) < 4.78 is 21.1. The van der Waals surface area contributed by atoms with E-state index in [1.807, 2.05) is 36.4 Å². The summed E-state index contributed by atoms with van der Waals surface area (Å²) in [7, 11) is 1.71. The number of ketones is 1. The number of nitrogens with zero attached hydrogens (tertiary/aromatic N) is 1. The fourth-order valence-corrected chi connectivity index (χ4v) is 4.35. The number of rotatable bonds is 5. The summed E-state index contributed by atoms with van der Waals surface area (Å²) >= 11 is 6.02. The highest BCUT2D eigenvalue weighted by molar-refractivity contribution is 6.34. The zero-order valence-electron chi connectivity index (χ0n) is 16.8. The number of carbonyl (C=O) groups excluding carboxylic acids is 1. The molecule has 0 amide bonds. The molecule has 1 aromatic heterocycles. The van der Waals surface area contributed by atoms with Gasteiger partial charge in [0.05, 0.1) is 16.1 Å². The van der Waals surface area contributed by atoms with Crippen LogP contribution in [0.1, 0.15) is 40.2 Å². The Bertz CT molecular complexity index is 1360. The highest BCUT2D eigenvalue weighted by Gasteiger charge is 2.31. The third-order valence-electron chi connectivity index (χ3n) is 5.86. The Balaban J connectivity index is 1.48. The average Bonchev–Trinajstić information content (AvgIpc) is 3.54. The summed E-state index contributed by atoms with van der Waals surface area (Å²) in [5.74, 6) is -0.953. The first-order valence-corrected chi connectivity index (χ1v) is 10.5. The van der Waals surface area contributed by atoms with E-state index in [2.05, 4.69) is 0 Å². The molecule has 0 saturated heterocycles. The molecular formula is C25H19ClFNO3. The standard InChI is InChI=1S/C25H19ClFNO3/c1-28-20-12-11-17(22(16-9-10-16)24(20)31-25(28)30)15-7-5-14(6-8-15)13-21(29)23-18(26)3-2-4-19(23)27/h2-8,11-12,16H,9-10,13H2,1H3.